The molecular weight excluding hydrogens is 270 g/mol. The standard InChI is InChI=1S/C19H31NSi/c1-21(2,3)18-8-6-17(7-9-18)16-20-14-12-19(13-15-20)10-4-5-11-19/h6-9H,4-5,10-16H2,1-3H3. The van der Waals surface area contributed by atoms with E-state index in [1.165, 1.54) is 57.2 Å². The van der Waals surface area contributed by atoms with Crippen LogP contribution in [0.5, 0.6) is 0 Å². The highest BCUT2D eigenvalue weighted by atomic mass is 28.3. The van der Waals surface area contributed by atoms with Crippen LogP contribution in [0.3, 0.4) is 0 Å². The second kappa shape index (κ2) is 5.89. The van der Waals surface area contributed by atoms with Gasteiger partial charge in [-0.1, -0.05) is 61.9 Å². The second-order valence-corrected chi connectivity index (χ2v) is 13.5. The first-order valence-corrected chi connectivity index (χ1v) is 12.3. The smallest absolute Gasteiger partial charge is 0.0775 e. The van der Waals surface area contributed by atoms with E-state index >= 15 is 0 Å². The average Bonchev–Trinajstić information content (AvgIpc) is 2.90. The zero-order valence-electron chi connectivity index (χ0n) is 14.1. The zero-order valence-corrected chi connectivity index (χ0v) is 15.1. The van der Waals surface area contributed by atoms with Crippen molar-refractivity contribution in [2.45, 2.75) is 64.7 Å². The molecule has 0 amide bonds. The maximum Gasteiger partial charge on any atom is 0.0775 e. The number of likely N-dealkylation sites (tertiary alicyclic amines) is 1. The lowest BCUT2D eigenvalue weighted by Gasteiger charge is -2.39. The third-order valence-electron chi connectivity index (χ3n) is 5.81. The van der Waals surface area contributed by atoms with E-state index in [0.717, 1.165) is 12.0 Å². The quantitative estimate of drug-likeness (QED) is 0.749. The van der Waals surface area contributed by atoms with Gasteiger partial charge in [-0.15, -0.1) is 0 Å². The molecule has 1 aromatic carbocycles. The fraction of sp³-hybridized carbons (Fsp3) is 0.684. The zero-order chi connectivity index (χ0) is 14.9. The van der Waals surface area contributed by atoms with Crippen LogP contribution in [0, 0.1) is 5.41 Å². The van der Waals surface area contributed by atoms with Gasteiger partial charge in [0, 0.05) is 6.54 Å². The lowest BCUT2D eigenvalue weighted by atomic mass is 9.77. The van der Waals surface area contributed by atoms with Crippen LogP contribution in [-0.2, 0) is 6.54 Å². The molecule has 0 radical (unpaired) electrons. The molecule has 1 nitrogen and oxygen atoms in total. The number of benzene rings is 1. The van der Waals surface area contributed by atoms with Crippen LogP contribution in [0.2, 0.25) is 19.6 Å². The topological polar surface area (TPSA) is 3.24 Å². The third-order valence-corrected chi connectivity index (χ3v) is 7.87. The minimum absolute atomic E-state index is 0.748. The van der Waals surface area contributed by atoms with Crippen molar-refractivity contribution < 1.29 is 0 Å². The average molecular weight is 302 g/mol. The number of rotatable bonds is 3. The summed E-state index contributed by atoms with van der Waals surface area (Å²) in [5.74, 6) is 0. The van der Waals surface area contributed by atoms with Crippen molar-refractivity contribution >= 4 is 13.3 Å². The predicted molar refractivity (Wildman–Crippen MR) is 94.8 cm³/mol. The summed E-state index contributed by atoms with van der Waals surface area (Å²) in [7, 11) is -1.14. The summed E-state index contributed by atoms with van der Waals surface area (Å²) in [6.07, 6.45) is 8.87. The van der Waals surface area contributed by atoms with Crippen molar-refractivity contribution in [1.82, 2.24) is 4.90 Å². The van der Waals surface area contributed by atoms with Gasteiger partial charge >= 0.3 is 0 Å². The van der Waals surface area contributed by atoms with E-state index in [-0.39, 0.29) is 0 Å². The van der Waals surface area contributed by atoms with E-state index in [9.17, 15) is 0 Å². The molecular formula is C19H31NSi. The Labute approximate surface area is 131 Å². The summed E-state index contributed by atoms with van der Waals surface area (Å²) in [6, 6.07) is 9.50. The van der Waals surface area contributed by atoms with E-state index < -0.39 is 8.07 Å². The summed E-state index contributed by atoms with van der Waals surface area (Å²) in [6.45, 7) is 11.1. The number of hydrogen-bond acceptors (Lipinski definition) is 1. The monoisotopic (exact) mass is 301 g/mol. The van der Waals surface area contributed by atoms with Crippen LogP contribution in [0.15, 0.2) is 24.3 Å². The van der Waals surface area contributed by atoms with Gasteiger partial charge in [-0.25, -0.2) is 0 Å². The molecule has 116 valence electrons. The Morgan fingerprint density at radius 2 is 1.48 bits per heavy atom. The van der Waals surface area contributed by atoms with Gasteiger partial charge in [-0.3, -0.25) is 4.90 Å². The maximum absolute atomic E-state index is 2.67. The second-order valence-electron chi connectivity index (χ2n) is 8.43. The van der Waals surface area contributed by atoms with Gasteiger partial charge in [0.1, 0.15) is 0 Å². The van der Waals surface area contributed by atoms with Gasteiger partial charge in [0.15, 0.2) is 0 Å². The van der Waals surface area contributed by atoms with Crippen LogP contribution in [0.25, 0.3) is 0 Å². The van der Waals surface area contributed by atoms with Gasteiger partial charge in [0.2, 0.25) is 0 Å². The number of piperidine rings is 1. The summed E-state index contributed by atoms with van der Waals surface area (Å²) < 4.78 is 0. The summed E-state index contributed by atoms with van der Waals surface area (Å²) in [5.41, 5.74) is 2.25. The Hall–Kier alpha value is -0.603. The molecule has 0 unspecified atom stereocenters. The molecule has 1 heterocycles. The molecule has 1 aliphatic carbocycles. The van der Waals surface area contributed by atoms with Gasteiger partial charge in [-0.05, 0) is 49.8 Å². The van der Waals surface area contributed by atoms with Crippen LogP contribution in [0.4, 0.5) is 0 Å². The minimum Gasteiger partial charge on any atom is -0.299 e. The highest BCUT2D eigenvalue weighted by Crippen LogP contribution is 2.46. The maximum atomic E-state index is 2.67. The van der Waals surface area contributed by atoms with Crippen molar-refractivity contribution in [3.05, 3.63) is 29.8 Å². The normalized spacial score (nSPS) is 22.8. The highest BCUT2D eigenvalue weighted by molar-refractivity contribution is 6.88. The molecule has 0 bridgehead atoms. The van der Waals surface area contributed by atoms with E-state index in [2.05, 4.69) is 48.8 Å². The Morgan fingerprint density at radius 3 is 2.00 bits per heavy atom. The molecule has 21 heavy (non-hydrogen) atoms. The largest absolute Gasteiger partial charge is 0.299 e. The molecule has 0 aromatic heterocycles. The molecule has 2 aliphatic rings. The predicted octanol–water partition coefficient (Wildman–Crippen LogP) is 4.39. The molecule has 1 saturated carbocycles. The Morgan fingerprint density at radius 1 is 0.905 bits per heavy atom. The van der Waals surface area contributed by atoms with E-state index in [4.69, 9.17) is 0 Å². The van der Waals surface area contributed by atoms with Crippen molar-refractivity contribution in [1.29, 1.82) is 0 Å². The first kappa shape index (κ1) is 15.3. The summed E-state index contributed by atoms with van der Waals surface area (Å²) >= 11 is 0. The van der Waals surface area contributed by atoms with Gasteiger partial charge in [0.05, 0.1) is 8.07 Å². The number of hydrogen-bond donors (Lipinski definition) is 0. The molecule has 3 rings (SSSR count). The van der Waals surface area contributed by atoms with Crippen molar-refractivity contribution in [2.75, 3.05) is 13.1 Å². The molecule has 1 spiro atoms. The lowest BCUT2D eigenvalue weighted by Crippen LogP contribution is -2.39. The van der Waals surface area contributed by atoms with Crippen LogP contribution < -0.4 is 5.19 Å². The van der Waals surface area contributed by atoms with E-state index in [1.54, 1.807) is 5.19 Å². The fourth-order valence-corrected chi connectivity index (χ4v) is 5.35. The van der Waals surface area contributed by atoms with Crippen LogP contribution in [-0.4, -0.2) is 26.1 Å². The molecule has 0 N–H and O–H groups in total. The Bertz CT molecular complexity index is 455. The third kappa shape index (κ3) is 3.60. The number of nitrogens with zero attached hydrogens (tertiary/aromatic N) is 1. The Balaban J connectivity index is 1.55. The van der Waals surface area contributed by atoms with Crippen LogP contribution >= 0.6 is 0 Å². The van der Waals surface area contributed by atoms with E-state index in [1.807, 2.05) is 0 Å². The van der Waals surface area contributed by atoms with Crippen LogP contribution in [0.1, 0.15) is 44.1 Å². The van der Waals surface area contributed by atoms with Crippen molar-refractivity contribution in [3.63, 3.8) is 0 Å². The van der Waals surface area contributed by atoms with Crippen molar-refractivity contribution in [2.24, 2.45) is 5.41 Å². The molecule has 2 heteroatoms. The highest BCUT2D eigenvalue weighted by Gasteiger charge is 2.36. The molecule has 0 atom stereocenters. The summed E-state index contributed by atoms with van der Waals surface area (Å²) in [4.78, 5) is 2.67. The summed E-state index contributed by atoms with van der Waals surface area (Å²) in [5, 5.41) is 1.58. The minimum atomic E-state index is -1.14. The SMILES string of the molecule is C[Si](C)(C)c1ccc(CN2CCC3(CCCC3)CC2)cc1. The Kier molecular flexibility index (Phi) is 4.29. The van der Waals surface area contributed by atoms with Gasteiger partial charge in [-0.2, -0.15) is 0 Å². The molecule has 1 saturated heterocycles. The fourth-order valence-electron chi connectivity index (χ4n) is 4.18. The van der Waals surface area contributed by atoms with Crippen molar-refractivity contribution in [3.8, 4) is 0 Å². The lowest BCUT2D eigenvalue weighted by molar-refractivity contribution is 0.103. The molecule has 1 aliphatic heterocycles. The molecule has 1 aromatic rings. The first-order chi connectivity index (χ1) is 9.97. The van der Waals surface area contributed by atoms with Gasteiger partial charge in [0.25, 0.3) is 0 Å². The van der Waals surface area contributed by atoms with Gasteiger partial charge < -0.3 is 0 Å². The van der Waals surface area contributed by atoms with E-state index in [0.29, 0.717) is 0 Å². The first-order valence-electron chi connectivity index (χ1n) is 8.79. The molecule has 2 fully saturated rings.